The number of likely N-dealkylation sites (N-methyl/N-ethyl adjacent to an activating group) is 1. The molecule has 2 aliphatic heterocycles. The van der Waals surface area contributed by atoms with E-state index in [9.17, 15) is 0 Å². The molecule has 0 radical (unpaired) electrons. The van der Waals surface area contributed by atoms with Crippen LogP contribution in [0.25, 0.3) is 0 Å². The summed E-state index contributed by atoms with van der Waals surface area (Å²) in [6.45, 7) is 12.7. The minimum atomic E-state index is 0. The van der Waals surface area contributed by atoms with Crippen LogP contribution in [-0.2, 0) is 0 Å². The van der Waals surface area contributed by atoms with Crippen LogP contribution in [0.1, 0.15) is 52.9 Å². The minimum Gasteiger partial charge on any atom is -0.355 e. The van der Waals surface area contributed by atoms with Crippen LogP contribution in [0.15, 0.2) is 4.99 Å². The molecule has 0 aromatic carbocycles. The zero-order valence-corrected chi connectivity index (χ0v) is 18.4. The van der Waals surface area contributed by atoms with Gasteiger partial charge in [-0.05, 0) is 52.6 Å². The van der Waals surface area contributed by atoms with Gasteiger partial charge in [0.2, 0.25) is 0 Å². The summed E-state index contributed by atoms with van der Waals surface area (Å²) >= 11 is 0. The number of piperidine rings is 2. The van der Waals surface area contributed by atoms with Crippen LogP contribution >= 0.6 is 24.0 Å². The Balaban J connectivity index is 0.00000288. The van der Waals surface area contributed by atoms with Gasteiger partial charge < -0.3 is 15.5 Å². The van der Waals surface area contributed by atoms with Crippen LogP contribution in [0.5, 0.6) is 0 Å². The largest absolute Gasteiger partial charge is 0.355 e. The van der Waals surface area contributed by atoms with Crippen molar-refractivity contribution in [2.75, 3.05) is 39.8 Å². The predicted octanol–water partition coefficient (Wildman–Crippen LogP) is 2.52. The SMILES string of the molecule is CCN1CCCCC1CNC(=NC)NC1CCN(C(C)C)CC1.I. The molecule has 0 aromatic rings. The molecule has 0 saturated carbocycles. The Bertz CT molecular complexity index is 366. The summed E-state index contributed by atoms with van der Waals surface area (Å²) in [5, 5.41) is 7.20. The standard InChI is InChI=1S/C18H37N5.HI/c1-5-22-11-7-6-8-17(22)14-20-18(19-4)21-16-9-12-23(13-10-16)15(2)3;/h15-17H,5-14H2,1-4H3,(H2,19,20,21);1H. The minimum absolute atomic E-state index is 0. The molecule has 1 atom stereocenters. The molecule has 0 aliphatic carbocycles. The fraction of sp³-hybridized carbons (Fsp3) is 0.944. The lowest BCUT2D eigenvalue weighted by molar-refractivity contribution is 0.156. The molecule has 2 heterocycles. The van der Waals surface area contributed by atoms with Crippen LogP contribution in [-0.4, -0.2) is 73.7 Å². The first-order valence-electron chi connectivity index (χ1n) is 9.59. The summed E-state index contributed by atoms with van der Waals surface area (Å²) in [5.74, 6) is 0.981. The van der Waals surface area contributed by atoms with Crippen molar-refractivity contribution < 1.29 is 0 Å². The fourth-order valence-electron chi connectivity index (χ4n) is 3.87. The number of halogens is 1. The molecule has 2 aliphatic rings. The van der Waals surface area contributed by atoms with Gasteiger partial charge in [-0.2, -0.15) is 0 Å². The van der Waals surface area contributed by atoms with Gasteiger partial charge in [0.1, 0.15) is 0 Å². The van der Waals surface area contributed by atoms with Gasteiger partial charge in [-0.1, -0.05) is 13.3 Å². The van der Waals surface area contributed by atoms with E-state index in [0.29, 0.717) is 18.1 Å². The molecule has 5 nitrogen and oxygen atoms in total. The molecule has 0 spiro atoms. The number of likely N-dealkylation sites (tertiary alicyclic amines) is 2. The van der Waals surface area contributed by atoms with Crippen molar-refractivity contribution in [3.63, 3.8) is 0 Å². The first-order chi connectivity index (χ1) is 11.1. The Morgan fingerprint density at radius 3 is 2.42 bits per heavy atom. The third-order valence-corrected chi connectivity index (χ3v) is 5.48. The summed E-state index contributed by atoms with van der Waals surface area (Å²) in [6, 6.07) is 1.89. The maximum atomic E-state index is 4.43. The Hall–Kier alpha value is -0.0800. The fourth-order valence-corrected chi connectivity index (χ4v) is 3.87. The molecule has 24 heavy (non-hydrogen) atoms. The average molecular weight is 451 g/mol. The maximum absolute atomic E-state index is 4.43. The number of guanidine groups is 1. The Morgan fingerprint density at radius 2 is 1.83 bits per heavy atom. The highest BCUT2D eigenvalue weighted by molar-refractivity contribution is 14.0. The zero-order valence-electron chi connectivity index (χ0n) is 16.1. The van der Waals surface area contributed by atoms with E-state index < -0.39 is 0 Å². The Kier molecular flexibility index (Phi) is 10.5. The molecule has 0 aromatic heterocycles. The molecular weight excluding hydrogens is 413 g/mol. The number of rotatable bonds is 5. The van der Waals surface area contributed by atoms with E-state index in [1.807, 2.05) is 7.05 Å². The first-order valence-corrected chi connectivity index (χ1v) is 9.59. The molecule has 2 fully saturated rings. The maximum Gasteiger partial charge on any atom is 0.191 e. The number of nitrogens with one attached hydrogen (secondary N) is 2. The molecule has 0 bridgehead atoms. The quantitative estimate of drug-likeness (QED) is 0.383. The van der Waals surface area contributed by atoms with Crippen molar-refractivity contribution in [2.24, 2.45) is 4.99 Å². The second-order valence-electron chi connectivity index (χ2n) is 7.28. The zero-order chi connectivity index (χ0) is 16.7. The number of nitrogens with zero attached hydrogens (tertiary/aromatic N) is 3. The molecule has 6 heteroatoms. The normalized spacial score (nSPS) is 24.7. The van der Waals surface area contributed by atoms with E-state index in [0.717, 1.165) is 19.0 Å². The molecule has 2 saturated heterocycles. The Labute approximate surface area is 166 Å². The van der Waals surface area contributed by atoms with Crippen molar-refractivity contribution in [1.82, 2.24) is 20.4 Å². The topological polar surface area (TPSA) is 42.9 Å². The number of hydrogen-bond donors (Lipinski definition) is 2. The molecule has 1 unspecified atom stereocenters. The number of aliphatic imine (C=N–C) groups is 1. The van der Waals surface area contributed by atoms with E-state index in [1.54, 1.807) is 0 Å². The van der Waals surface area contributed by atoms with E-state index in [1.165, 1.54) is 51.7 Å². The van der Waals surface area contributed by atoms with Crippen molar-refractivity contribution in [3.8, 4) is 0 Å². The molecule has 0 amide bonds. The second-order valence-corrected chi connectivity index (χ2v) is 7.28. The predicted molar refractivity (Wildman–Crippen MR) is 115 cm³/mol. The lowest BCUT2D eigenvalue weighted by Crippen LogP contribution is -2.52. The van der Waals surface area contributed by atoms with Crippen LogP contribution in [0, 0.1) is 0 Å². The third-order valence-electron chi connectivity index (χ3n) is 5.48. The van der Waals surface area contributed by atoms with Gasteiger partial charge in [0.25, 0.3) is 0 Å². The van der Waals surface area contributed by atoms with Crippen LogP contribution in [0.2, 0.25) is 0 Å². The summed E-state index contributed by atoms with van der Waals surface area (Å²) in [6.07, 6.45) is 6.45. The smallest absolute Gasteiger partial charge is 0.191 e. The van der Waals surface area contributed by atoms with Gasteiger partial charge in [-0.15, -0.1) is 24.0 Å². The van der Waals surface area contributed by atoms with Gasteiger partial charge in [0.05, 0.1) is 0 Å². The lowest BCUT2D eigenvalue weighted by Gasteiger charge is -2.37. The first kappa shape index (κ1) is 22.0. The highest BCUT2D eigenvalue weighted by Crippen LogP contribution is 2.16. The summed E-state index contributed by atoms with van der Waals surface area (Å²) in [4.78, 5) is 9.60. The van der Waals surface area contributed by atoms with Crippen molar-refractivity contribution in [3.05, 3.63) is 0 Å². The van der Waals surface area contributed by atoms with Gasteiger partial charge in [-0.3, -0.25) is 9.89 Å². The van der Waals surface area contributed by atoms with Crippen molar-refractivity contribution >= 4 is 29.9 Å². The average Bonchev–Trinajstić information content (AvgIpc) is 2.59. The highest BCUT2D eigenvalue weighted by atomic mass is 127. The van der Waals surface area contributed by atoms with Gasteiger partial charge in [0.15, 0.2) is 5.96 Å². The molecule has 2 rings (SSSR count). The third kappa shape index (κ3) is 6.67. The Morgan fingerprint density at radius 1 is 1.12 bits per heavy atom. The molecule has 142 valence electrons. The highest BCUT2D eigenvalue weighted by Gasteiger charge is 2.23. The van der Waals surface area contributed by atoms with Gasteiger partial charge in [-0.25, -0.2) is 0 Å². The van der Waals surface area contributed by atoms with E-state index in [2.05, 4.69) is 46.2 Å². The summed E-state index contributed by atoms with van der Waals surface area (Å²) in [7, 11) is 1.89. The van der Waals surface area contributed by atoms with E-state index >= 15 is 0 Å². The monoisotopic (exact) mass is 451 g/mol. The molecular formula is C18H38IN5. The van der Waals surface area contributed by atoms with Gasteiger partial charge in [0, 0.05) is 44.8 Å². The molecule has 2 N–H and O–H groups in total. The lowest BCUT2D eigenvalue weighted by atomic mass is 10.0. The van der Waals surface area contributed by atoms with Crippen LogP contribution in [0.3, 0.4) is 0 Å². The van der Waals surface area contributed by atoms with Crippen LogP contribution in [0.4, 0.5) is 0 Å². The summed E-state index contributed by atoms with van der Waals surface area (Å²) in [5.41, 5.74) is 0. The van der Waals surface area contributed by atoms with Gasteiger partial charge >= 0.3 is 0 Å². The van der Waals surface area contributed by atoms with Crippen LogP contribution < -0.4 is 10.6 Å². The van der Waals surface area contributed by atoms with Crippen molar-refractivity contribution in [1.29, 1.82) is 0 Å². The number of hydrogen-bond acceptors (Lipinski definition) is 3. The van der Waals surface area contributed by atoms with E-state index in [-0.39, 0.29) is 24.0 Å². The van der Waals surface area contributed by atoms with E-state index in [4.69, 9.17) is 0 Å². The van der Waals surface area contributed by atoms with Crippen molar-refractivity contribution in [2.45, 2.75) is 71.0 Å². The summed E-state index contributed by atoms with van der Waals surface area (Å²) < 4.78 is 0. The second kappa shape index (κ2) is 11.5.